The molecule has 1 rings (SSSR count). The minimum Gasteiger partial charge on any atom is -0.393 e. The first-order valence-corrected chi connectivity index (χ1v) is 5.40. The van der Waals surface area contributed by atoms with Crippen LogP contribution in [0, 0.1) is 11.8 Å². The predicted molar refractivity (Wildman–Crippen MR) is 52.0 cm³/mol. The van der Waals surface area contributed by atoms with Crippen LogP contribution in [0.1, 0.15) is 52.4 Å². The van der Waals surface area contributed by atoms with E-state index in [1.165, 1.54) is 25.7 Å². The molecule has 72 valence electrons. The van der Waals surface area contributed by atoms with Crippen LogP contribution in [0.5, 0.6) is 0 Å². The zero-order chi connectivity index (χ0) is 8.97. The van der Waals surface area contributed by atoms with Gasteiger partial charge in [0, 0.05) is 0 Å². The van der Waals surface area contributed by atoms with E-state index in [0.29, 0.717) is 0 Å². The van der Waals surface area contributed by atoms with Crippen molar-refractivity contribution in [3.8, 4) is 0 Å². The van der Waals surface area contributed by atoms with Crippen molar-refractivity contribution in [3.05, 3.63) is 0 Å². The lowest BCUT2D eigenvalue weighted by Crippen LogP contribution is -2.18. The molecule has 1 atom stereocenters. The van der Waals surface area contributed by atoms with Gasteiger partial charge in [0.15, 0.2) is 0 Å². The first kappa shape index (κ1) is 10.0. The van der Waals surface area contributed by atoms with E-state index in [1.807, 2.05) is 0 Å². The largest absolute Gasteiger partial charge is 0.393 e. The van der Waals surface area contributed by atoms with Crippen molar-refractivity contribution in [1.29, 1.82) is 0 Å². The Labute approximate surface area is 76.2 Å². The Morgan fingerprint density at radius 1 is 1.25 bits per heavy atom. The van der Waals surface area contributed by atoms with Crippen LogP contribution in [0.15, 0.2) is 0 Å². The Morgan fingerprint density at radius 2 is 1.83 bits per heavy atom. The molecule has 1 nitrogen and oxygen atoms in total. The van der Waals surface area contributed by atoms with Gasteiger partial charge in [0.1, 0.15) is 0 Å². The summed E-state index contributed by atoms with van der Waals surface area (Å²) in [7, 11) is 0. The molecule has 1 saturated carbocycles. The van der Waals surface area contributed by atoms with E-state index in [9.17, 15) is 5.11 Å². The molecule has 0 aromatic carbocycles. The molecule has 1 aliphatic carbocycles. The second kappa shape index (κ2) is 4.86. The first-order chi connectivity index (χ1) is 5.72. The Morgan fingerprint density at radius 3 is 2.33 bits per heavy atom. The first-order valence-electron chi connectivity index (χ1n) is 5.40. The van der Waals surface area contributed by atoms with Gasteiger partial charge < -0.3 is 5.11 Å². The molecule has 1 fully saturated rings. The van der Waals surface area contributed by atoms with Crippen LogP contribution in [0.4, 0.5) is 0 Å². The number of aliphatic hydroxyl groups is 1. The smallest absolute Gasteiger partial charge is 0.0540 e. The zero-order valence-electron chi connectivity index (χ0n) is 8.42. The summed E-state index contributed by atoms with van der Waals surface area (Å²) in [4.78, 5) is 0. The predicted octanol–water partition coefficient (Wildman–Crippen LogP) is 2.97. The van der Waals surface area contributed by atoms with Crippen molar-refractivity contribution in [2.24, 2.45) is 11.8 Å². The summed E-state index contributed by atoms with van der Waals surface area (Å²) in [5, 5.41) is 9.48. The van der Waals surface area contributed by atoms with Gasteiger partial charge in [-0.1, -0.05) is 39.5 Å². The summed E-state index contributed by atoms with van der Waals surface area (Å²) in [6.07, 6.45) is 7.37. The van der Waals surface area contributed by atoms with E-state index in [0.717, 1.165) is 24.7 Å². The molecule has 0 bridgehead atoms. The van der Waals surface area contributed by atoms with Gasteiger partial charge in [-0.3, -0.25) is 0 Å². The van der Waals surface area contributed by atoms with Gasteiger partial charge in [-0.15, -0.1) is 0 Å². The van der Waals surface area contributed by atoms with Crippen molar-refractivity contribution in [3.63, 3.8) is 0 Å². The fraction of sp³-hybridized carbons (Fsp3) is 1.00. The Bertz CT molecular complexity index is 114. The lowest BCUT2D eigenvalue weighted by atomic mass is 9.80. The van der Waals surface area contributed by atoms with Gasteiger partial charge in [0.05, 0.1) is 6.10 Å². The maximum atomic E-state index is 9.48. The third-order valence-electron chi connectivity index (χ3n) is 3.21. The van der Waals surface area contributed by atoms with Gasteiger partial charge in [0.2, 0.25) is 0 Å². The SMILES string of the molecule is CCC(O)CC1CCC(C)CC1. The van der Waals surface area contributed by atoms with Crippen LogP contribution in [-0.4, -0.2) is 11.2 Å². The topological polar surface area (TPSA) is 20.2 Å². The molecule has 12 heavy (non-hydrogen) atoms. The van der Waals surface area contributed by atoms with Crippen molar-refractivity contribution in [1.82, 2.24) is 0 Å². The maximum absolute atomic E-state index is 9.48. The van der Waals surface area contributed by atoms with E-state index in [4.69, 9.17) is 0 Å². The summed E-state index contributed by atoms with van der Waals surface area (Å²) in [5.41, 5.74) is 0. The molecule has 1 unspecified atom stereocenters. The molecular formula is C11H22O. The van der Waals surface area contributed by atoms with Gasteiger partial charge in [-0.25, -0.2) is 0 Å². The zero-order valence-corrected chi connectivity index (χ0v) is 8.42. The van der Waals surface area contributed by atoms with E-state index < -0.39 is 0 Å². The normalized spacial score (nSPS) is 33.2. The van der Waals surface area contributed by atoms with E-state index >= 15 is 0 Å². The second-order valence-corrected chi connectivity index (χ2v) is 4.42. The molecule has 1 N–H and O–H groups in total. The standard InChI is InChI=1S/C11H22O/c1-3-11(12)8-10-6-4-9(2)5-7-10/h9-12H,3-8H2,1-2H3. The van der Waals surface area contributed by atoms with Gasteiger partial charge in [-0.05, 0) is 24.7 Å². The summed E-state index contributed by atoms with van der Waals surface area (Å²) in [6, 6.07) is 0. The number of hydrogen-bond acceptors (Lipinski definition) is 1. The molecule has 0 spiro atoms. The number of hydrogen-bond donors (Lipinski definition) is 1. The highest BCUT2D eigenvalue weighted by Crippen LogP contribution is 2.31. The average molecular weight is 170 g/mol. The van der Waals surface area contributed by atoms with Crippen LogP contribution >= 0.6 is 0 Å². The third kappa shape index (κ3) is 3.14. The van der Waals surface area contributed by atoms with Gasteiger partial charge in [-0.2, -0.15) is 0 Å². The van der Waals surface area contributed by atoms with E-state index in [1.54, 1.807) is 0 Å². The molecule has 1 heteroatoms. The van der Waals surface area contributed by atoms with Crippen molar-refractivity contribution in [2.45, 2.75) is 58.5 Å². The van der Waals surface area contributed by atoms with Crippen LogP contribution in [0.2, 0.25) is 0 Å². The Kier molecular flexibility index (Phi) is 4.07. The molecular weight excluding hydrogens is 148 g/mol. The fourth-order valence-corrected chi connectivity index (χ4v) is 2.12. The van der Waals surface area contributed by atoms with Crippen LogP contribution in [0.25, 0.3) is 0 Å². The monoisotopic (exact) mass is 170 g/mol. The summed E-state index contributed by atoms with van der Waals surface area (Å²) >= 11 is 0. The minimum absolute atomic E-state index is 0.0385. The minimum atomic E-state index is -0.0385. The Balaban J connectivity index is 2.17. The van der Waals surface area contributed by atoms with Crippen molar-refractivity contribution < 1.29 is 5.11 Å². The average Bonchev–Trinajstić information content (AvgIpc) is 2.09. The van der Waals surface area contributed by atoms with Crippen molar-refractivity contribution >= 4 is 0 Å². The highest BCUT2D eigenvalue weighted by molar-refractivity contribution is 4.72. The summed E-state index contributed by atoms with van der Waals surface area (Å²) < 4.78 is 0. The lowest BCUT2D eigenvalue weighted by Gasteiger charge is -2.27. The summed E-state index contributed by atoms with van der Waals surface area (Å²) in [5.74, 6) is 1.75. The quantitative estimate of drug-likeness (QED) is 0.690. The fourth-order valence-electron chi connectivity index (χ4n) is 2.12. The molecule has 0 aromatic heterocycles. The van der Waals surface area contributed by atoms with E-state index in [-0.39, 0.29) is 6.10 Å². The van der Waals surface area contributed by atoms with Crippen LogP contribution in [-0.2, 0) is 0 Å². The molecule has 0 saturated heterocycles. The highest BCUT2D eigenvalue weighted by Gasteiger charge is 2.19. The highest BCUT2D eigenvalue weighted by atomic mass is 16.3. The van der Waals surface area contributed by atoms with Gasteiger partial charge >= 0.3 is 0 Å². The molecule has 0 amide bonds. The maximum Gasteiger partial charge on any atom is 0.0540 e. The Hall–Kier alpha value is -0.0400. The third-order valence-corrected chi connectivity index (χ3v) is 3.21. The lowest BCUT2D eigenvalue weighted by molar-refractivity contribution is 0.120. The molecule has 0 heterocycles. The van der Waals surface area contributed by atoms with Crippen molar-refractivity contribution in [2.75, 3.05) is 0 Å². The second-order valence-electron chi connectivity index (χ2n) is 4.42. The van der Waals surface area contributed by atoms with Crippen LogP contribution in [0.3, 0.4) is 0 Å². The number of rotatable bonds is 3. The molecule has 0 radical (unpaired) electrons. The molecule has 1 aliphatic rings. The number of aliphatic hydroxyl groups excluding tert-OH is 1. The van der Waals surface area contributed by atoms with Crippen LogP contribution < -0.4 is 0 Å². The van der Waals surface area contributed by atoms with Gasteiger partial charge in [0.25, 0.3) is 0 Å². The molecule has 0 aliphatic heterocycles. The van der Waals surface area contributed by atoms with E-state index in [2.05, 4.69) is 13.8 Å². The summed E-state index contributed by atoms with van der Waals surface area (Å²) in [6.45, 7) is 4.41. The molecule has 0 aromatic rings.